The fourth-order valence-corrected chi connectivity index (χ4v) is 4.26. The lowest BCUT2D eigenvalue weighted by Crippen LogP contribution is -2.30. The molecule has 9 nitrogen and oxygen atoms in total. The van der Waals surface area contributed by atoms with E-state index >= 15 is 0 Å². The first-order chi connectivity index (χ1) is 13.3. The van der Waals surface area contributed by atoms with Gasteiger partial charge in [-0.3, -0.25) is 4.68 Å². The first kappa shape index (κ1) is 18.4. The van der Waals surface area contributed by atoms with Crippen LogP contribution in [-0.4, -0.2) is 45.7 Å². The number of hydrogen-bond acceptors (Lipinski definition) is 6. The van der Waals surface area contributed by atoms with Crippen LogP contribution in [0.2, 0.25) is 0 Å². The first-order valence-corrected chi connectivity index (χ1v) is 9.57. The van der Waals surface area contributed by atoms with Crippen molar-refractivity contribution in [3.8, 4) is 11.8 Å². The van der Waals surface area contributed by atoms with Crippen molar-refractivity contribution in [1.29, 1.82) is 0 Å². The summed E-state index contributed by atoms with van der Waals surface area (Å²) in [7, 11) is 0. The molecule has 0 amide bonds. The Kier molecular flexibility index (Phi) is 4.52. The molecule has 3 heterocycles. The second kappa shape index (κ2) is 6.88. The minimum atomic E-state index is -1.09. The van der Waals surface area contributed by atoms with Gasteiger partial charge in [-0.1, -0.05) is 27.2 Å². The molecule has 0 bridgehead atoms. The lowest BCUT2D eigenvalue weighted by Gasteiger charge is -2.37. The average molecular weight is 384 g/mol. The van der Waals surface area contributed by atoms with Crippen LogP contribution < -0.4 is 0 Å². The molecule has 0 radical (unpaired) electrons. The van der Waals surface area contributed by atoms with Crippen LogP contribution in [0.4, 0.5) is 0 Å². The van der Waals surface area contributed by atoms with E-state index in [0.29, 0.717) is 28.8 Å². The second-order valence-electron chi connectivity index (χ2n) is 8.04. The zero-order chi connectivity index (χ0) is 20.0. The van der Waals surface area contributed by atoms with Gasteiger partial charge in [-0.05, 0) is 30.6 Å². The monoisotopic (exact) mass is 384 g/mol. The summed E-state index contributed by atoms with van der Waals surface area (Å²) < 4.78 is 3.11. The highest BCUT2D eigenvalue weighted by molar-refractivity contribution is 5.87. The van der Waals surface area contributed by atoms with Crippen LogP contribution in [0.25, 0.3) is 17.0 Å². The maximum absolute atomic E-state index is 11.1. The number of rotatable bonds is 4. The van der Waals surface area contributed by atoms with Gasteiger partial charge in [-0.25, -0.2) is 14.5 Å². The largest absolute Gasteiger partial charge is 0.492 e. The summed E-state index contributed by atoms with van der Waals surface area (Å²) in [4.78, 5) is 19.6. The van der Waals surface area contributed by atoms with Gasteiger partial charge in [0.1, 0.15) is 11.0 Å². The van der Waals surface area contributed by atoms with Gasteiger partial charge in [-0.15, -0.1) is 0 Å². The summed E-state index contributed by atoms with van der Waals surface area (Å²) >= 11 is 0. The van der Waals surface area contributed by atoms with Gasteiger partial charge >= 0.3 is 5.97 Å². The smallest absolute Gasteiger partial charge is 0.338 e. The number of nitrogens with zero attached hydrogens (tertiary/aromatic N) is 6. The average Bonchev–Trinajstić information content (AvgIpc) is 3.29. The number of carboxylic acids is 1. The van der Waals surface area contributed by atoms with Crippen molar-refractivity contribution >= 4 is 17.0 Å². The van der Waals surface area contributed by atoms with Gasteiger partial charge in [0.05, 0.1) is 24.0 Å². The third-order valence-corrected chi connectivity index (χ3v) is 5.75. The molecule has 28 heavy (non-hydrogen) atoms. The minimum Gasteiger partial charge on any atom is -0.492 e. The summed E-state index contributed by atoms with van der Waals surface area (Å²) in [6.07, 6.45) is 7.49. The van der Waals surface area contributed by atoms with Gasteiger partial charge in [0, 0.05) is 6.20 Å². The quantitative estimate of drug-likeness (QED) is 0.709. The molecule has 4 rings (SSSR count). The molecule has 0 saturated heterocycles. The number of carboxylic acid groups (broad SMARTS) is 1. The molecule has 1 aliphatic rings. The van der Waals surface area contributed by atoms with Gasteiger partial charge in [0.2, 0.25) is 5.88 Å². The number of aromatic nitrogens is 6. The fraction of sp³-hybridized carbons (Fsp3) is 0.526. The maximum Gasteiger partial charge on any atom is 0.338 e. The summed E-state index contributed by atoms with van der Waals surface area (Å²) in [6.45, 7) is 6.71. The summed E-state index contributed by atoms with van der Waals surface area (Å²) in [5, 5.41) is 28.2. The van der Waals surface area contributed by atoms with Crippen molar-refractivity contribution < 1.29 is 15.0 Å². The lowest BCUT2D eigenvalue weighted by molar-refractivity contribution is 0.0697. The third-order valence-electron chi connectivity index (χ3n) is 5.75. The number of carbonyl (C=O) groups is 1. The second-order valence-corrected chi connectivity index (χ2v) is 8.04. The predicted molar refractivity (Wildman–Crippen MR) is 101 cm³/mol. The van der Waals surface area contributed by atoms with E-state index in [4.69, 9.17) is 5.11 Å². The van der Waals surface area contributed by atoms with E-state index in [1.54, 1.807) is 6.20 Å². The topological polar surface area (TPSA) is 119 Å². The molecule has 3 aromatic heterocycles. The van der Waals surface area contributed by atoms with Gasteiger partial charge in [0.25, 0.3) is 5.95 Å². The third kappa shape index (κ3) is 3.10. The molecule has 1 fully saturated rings. The van der Waals surface area contributed by atoms with Crippen molar-refractivity contribution in [2.45, 2.75) is 46.1 Å². The molecule has 0 unspecified atom stereocenters. The molecule has 3 aromatic rings. The van der Waals surface area contributed by atoms with Crippen molar-refractivity contribution in [3.05, 3.63) is 24.2 Å². The van der Waals surface area contributed by atoms with Gasteiger partial charge < -0.3 is 10.2 Å². The summed E-state index contributed by atoms with van der Waals surface area (Å²) in [5.41, 5.74) is 1.05. The van der Waals surface area contributed by atoms with Crippen molar-refractivity contribution in [2.24, 2.45) is 17.8 Å². The Bertz CT molecular complexity index is 1020. The van der Waals surface area contributed by atoms with Crippen LogP contribution >= 0.6 is 0 Å². The van der Waals surface area contributed by atoms with E-state index in [1.807, 2.05) is 4.68 Å². The van der Waals surface area contributed by atoms with Crippen LogP contribution in [-0.2, 0) is 0 Å². The summed E-state index contributed by atoms with van der Waals surface area (Å²) in [6, 6.07) is 0.185. The van der Waals surface area contributed by atoms with Crippen LogP contribution in [0.15, 0.2) is 18.6 Å². The molecule has 148 valence electrons. The Labute approximate surface area is 162 Å². The highest BCUT2D eigenvalue weighted by Gasteiger charge is 2.34. The Morgan fingerprint density at radius 1 is 1.21 bits per heavy atom. The lowest BCUT2D eigenvalue weighted by atomic mass is 9.74. The Morgan fingerprint density at radius 2 is 2.00 bits per heavy atom. The predicted octanol–water partition coefficient (Wildman–Crippen LogP) is 3.05. The number of hydrogen-bond donors (Lipinski definition) is 2. The van der Waals surface area contributed by atoms with Gasteiger partial charge in [0.15, 0.2) is 0 Å². The number of aromatic carboxylic acids is 1. The van der Waals surface area contributed by atoms with Crippen molar-refractivity contribution in [2.75, 3.05) is 0 Å². The van der Waals surface area contributed by atoms with E-state index in [1.165, 1.54) is 23.5 Å². The molecule has 9 heteroatoms. The van der Waals surface area contributed by atoms with Crippen LogP contribution in [0.5, 0.6) is 5.88 Å². The van der Waals surface area contributed by atoms with Crippen molar-refractivity contribution in [1.82, 2.24) is 29.5 Å². The Balaban J connectivity index is 1.76. The first-order valence-electron chi connectivity index (χ1n) is 9.57. The molecule has 1 saturated carbocycles. The normalized spacial score (nSPS) is 22.8. The molecule has 1 aliphatic carbocycles. The standard InChI is InChI=1S/C19H24N6O3/c1-10(2)13-5-4-11(3)6-15(13)25-16-14(8-21-25)22-19(23-17(16)26)24-9-12(7-20-24)18(27)28/h7-11,13,15H,4-6H2,1-3H3,(H,27,28)(H,22,23,26)/t11-,13+,15+/m1/s1. The maximum atomic E-state index is 11.1. The molecule has 0 spiro atoms. The number of fused-ring (bicyclic) bond motifs is 1. The SMILES string of the molecule is CC(C)[C@@H]1CC[C@@H](C)C[C@@H]1n1ncc2nc(-n3cc(C(=O)O)cn3)nc(O)c21. The molecule has 0 aliphatic heterocycles. The highest BCUT2D eigenvalue weighted by Crippen LogP contribution is 2.42. The molecule has 3 atom stereocenters. The zero-order valence-corrected chi connectivity index (χ0v) is 16.1. The highest BCUT2D eigenvalue weighted by atomic mass is 16.4. The molecule has 0 aromatic carbocycles. The number of aromatic hydroxyl groups is 1. The van der Waals surface area contributed by atoms with Crippen molar-refractivity contribution in [3.63, 3.8) is 0 Å². The van der Waals surface area contributed by atoms with Crippen LogP contribution in [0, 0.1) is 17.8 Å². The minimum absolute atomic E-state index is 0.0230. The Morgan fingerprint density at radius 3 is 2.68 bits per heavy atom. The van der Waals surface area contributed by atoms with E-state index in [9.17, 15) is 9.90 Å². The Hall–Kier alpha value is -2.97. The van der Waals surface area contributed by atoms with E-state index < -0.39 is 5.97 Å². The molecule has 2 N–H and O–H groups in total. The zero-order valence-electron chi connectivity index (χ0n) is 16.1. The van der Waals surface area contributed by atoms with Crippen LogP contribution in [0.3, 0.4) is 0 Å². The van der Waals surface area contributed by atoms with E-state index in [2.05, 4.69) is 40.9 Å². The summed E-state index contributed by atoms with van der Waals surface area (Å²) in [5.74, 6) is 0.427. The van der Waals surface area contributed by atoms with E-state index in [-0.39, 0.29) is 23.4 Å². The van der Waals surface area contributed by atoms with Gasteiger partial charge in [-0.2, -0.15) is 15.2 Å². The van der Waals surface area contributed by atoms with Crippen LogP contribution in [0.1, 0.15) is 56.4 Å². The molecular weight excluding hydrogens is 360 g/mol. The fourth-order valence-electron chi connectivity index (χ4n) is 4.26. The molecular formula is C19H24N6O3. The van der Waals surface area contributed by atoms with E-state index in [0.717, 1.165) is 12.8 Å².